The average Bonchev–Trinajstić information content (AvgIpc) is 2.29. The number of nitrogens with two attached hydrogens (primary N) is 1. The van der Waals surface area contributed by atoms with Gasteiger partial charge < -0.3 is 10.8 Å². The molecule has 5 nitrogen and oxygen atoms in total. The van der Waals surface area contributed by atoms with Gasteiger partial charge in [0.25, 0.3) is 0 Å². The second kappa shape index (κ2) is 5.24. The van der Waals surface area contributed by atoms with Crippen LogP contribution in [-0.2, 0) is 4.79 Å². The summed E-state index contributed by atoms with van der Waals surface area (Å²) in [6.07, 6.45) is 4.55. The van der Waals surface area contributed by atoms with E-state index in [-0.39, 0.29) is 5.25 Å². The summed E-state index contributed by atoms with van der Waals surface area (Å²) in [4.78, 5) is 19.7. The molecule has 1 fully saturated rings. The molecule has 18 heavy (non-hydrogen) atoms. The van der Waals surface area contributed by atoms with Gasteiger partial charge in [-0.3, -0.25) is 4.79 Å². The fraction of sp³-hybridized carbons (Fsp3) is 0.583. The van der Waals surface area contributed by atoms with Crippen molar-refractivity contribution in [2.45, 2.75) is 48.6 Å². The van der Waals surface area contributed by atoms with Gasteiger partial charge in [-0.2, -0.15) is 0 Å². The average molecular weight is 267 g/mol. The van der Waals surface area contributed by atoms with Crippen molar-refractivity contribution < 1.29 is 9.90 Å². The minimum Gasteiger partial charge on any atom is -0.480 e. The molecule has 2 rings (SSSR count). The summed E-state index contributed by atoms with van der Waals surface area (Å²) in [6.45, 7) is 1.91. The summed E-state index contributed by atoms with van der Waals surface area (Å²) < 4.78 is 0. The molecule has 2 unspecified atom stereocenters. The number of carboxylic acids is 1. The maximum Gasteiger partial charge on any atom is 0.323 e. The normalized spacial score (nSPS) is 28.0. The van der Waals surface area contributed by atoms with Crippen molar-refractivity contribution in [3.05, 3.63) is 18.0 Å². The lowest BCUT2D eigenvalue weighted by atomic mass is 9.82. The highest BCUT2D eigenvalue weighted by Crippen LogP contribution is 2.36. The third kappa shape index (κ3) is 3.00. The monoisotopic (exact) mass is 267 g/mol. The Hall–Kier alpha value is -1.14. The number of hydrogen-bond donors (Lipinski definition) is 2. The van der Waals surface area contributed by atoms with Crippen molar-refractivity contribution in [3.63, 3.8) is 0 Å². The number of carbonyl (C=O) groups is 1. The van der Waals surface area contributed by atoms with E-state index in [1.807, 2.05) is 13.0 Å². The van der Waals surface area contributed by atoms with Crippen LogP contribution in [0, 0.1) is 6.92 Å². The Balaban J connectivity index is 2.04. The number of rotatable bonds is 3. The van der Waals surface area contributed by atoms with Gasteiger partial charge in [0.1, 0.15) is 5.54 Å². The number of aryl methyl sites for hydroxylation is 1. The van der Waals surface area contributed by atoms with Crippen LogP contribution in [0.4, 0.5) is 0 Å². The number of thioether (sulfide) groups is 1. The molecule has 1 aromatic heterocycles. The number of carboxylic acid groups (broad SMARTS) is 1. The van der Waals surface area contributed by atoms with Crippen molar-refractivity contribution in [3.8, 4) is 0 Å². The maximum absolute atomic E-state index is 11.2. The van der Waals surface area contributed by atoms with Gasteiger partial charge in [-0.15, -0.1) is 0 Å². The minimum atomic E-state index is -1.08. The highest BCUT2D eigenvalue weighted by molar-refractivity contribution is 7.99. The molecule has 1 aliphatic carbocycles. The van der Waals surface area contributed by atoms with Crippen LogP contribution in [0.5, 0.6) is 0 Å². The Bertz CT molecular complexity index is 455. The summed E-state index contributed by atoms with van der Waals surface area (Å²) in [6, 6.07) is 1.84. The molecule has 0 aromatic carbocycles. The zero-order valence-electron chi connectivity index (χ0n) is 10.3. The Kier molecular flexibility index (Phi) is 3.87. The number of nitrogens with zero attached hydrogens (tertiary/aromatic N) is 2. The number of hydrogen-bond acceptors (Lipinski definition) is 5. The van der Waals surface area contributed by atoms with Gasteiger partial charge in [0, 0.05) is 17.1 Å². The van der Waals surface area contributed by atoms with Crippen molar-refractivity contribution in [2.24, 2.45) is 5.73 Å². The summed E-state index contributed by atoms with van der Waals surface area (Å²) in [5, 5.41) is 10.0. The summed E-state index contributed by atoms with van der Waals surface area (Å²) >= 11 is 1.53. The Morgan fingerprint density at radius 1 is 1.67 bits per heavy atom. The zero-order chi connectivity index (χ0) is 13.2. The molecule has 0 spiro atoms. The largest absolute Gasteiger partial charge is 0.480 e. The molecule has 0 radical (unpaired) electrons. The fourth-order valence-corrected chi connectivity index (χ4v) is 3.46. The highest BCUT2D eigenvalue weighted by Gasteiger charge is 2.39. The highest BCUT2D eigenvalue weighted by atomic mass is 32.2. The molecular weight excluding hydrogens is 250 g/mol. The third-order valence-electron chi connectivity index (χ3n) is 3.21. The molecule has 0 amide bonds. The molecule has 0 saturated heterocycles. The van der Waals surface area contributed by atoms with E-state index in [2.05, 4.69) is 9.97 Å². The molecule has 1 heterocycles. The van der Waals surface area contributed by atoms with E-state index in [1.54, 1.807) is 6.20 Å². The fourth-order valence-electron chi connectivity index (χ4n) is 2.18. The molecule has 1 aliphatic rings. The van der Waals surface area contributed by atoms with E-state index in [1.165, 1.54) is 11.8 Å². The van der Waals surface area contributed by atoms with Crippen LogP contribution in [0.15, 0.2) is 17.4 Å². The van der Waals surface area contributed by atoms with E-state index >= 15 is 0 Å². The lowest BCUT2D eigenvalue weighted by Crippen LogP contribution is -2.51. The maximum atomic E-state index is 11.2. The van der Waals surface area contributed by atoms with E-state index in [0.29, 0.717) is 18.0 Å². The van der Waals surface area contributed by atoms with Crippen LogP contribution in [0.2, 0.25) is 0 Å². The van der Waals surface area contributed by atoms with Gasteiger partial charge >= 0.3 is 5.97 Å². The SMILES string of the molecule is Cc1ccnc(SC2CCCC(N)(C(=O)O)C2)n1. The van der Waals surface area contributed by atoms with Crippen molar-refractivity contribution in [1.82, 2.24) is 9.97 Å². The molecule has 1 saturated carbocycles. The lowest BCUT2D eigenvalue weighted by Gasteiger charge is -2.33. The second-order valence-electron chi connectivity index (χ2n) is 4.78. The molecule has 1 aromatic rings. The Morgan fingerprint density at radius 3 is 3.11 bits per heavy atom. The number of aliphatic carboxylic acids is 1. The molecule has 6 heteroatoms. The van der Waals surface area contributed by atoms with Crippen LogP contribution in [0.25, 0.3) is 0 Å². The third-order valence-corrected chi connectivity index (χ3v) is 4.35. The van der Waals surface area contributed by atoms with E-state index < -0.39 is 11.5 Å². The first kappa shape index (κ1) is 13.3. The first-order valence-electron chi connectivity index (χ1n) is 5.98. The topological polar surface area (TPSA) is 89.1 Å². The molecular formula is C12H17N3O2S. The van der Waals surface area contributed by atoms with Gasteiger partial charge in [-0.25, -0.2) is 9.97 Å². The minimum absolute atomic E-state index is 0.182. The van der Waals surface area contributed by atoms with Crippen LogP contribution in [0.3, 0.4) is 0 Å². The van der Waals surface area contributed by atoms with E-state index in [9.17, 15) is 4.79 Å². The first-order valence-corrected chi connectivity index (χ1v) is 6.86. The van der Waals surface area contributed by atoms with Crippen LogP contribution >= 0.6 is 11.8 Å². The molecule has 2 atom stereocenters. The molecule has 0 aliphatic heterocycles. The summed E-state index contributed by atoms with van der Waals surface area (Å²) in [5.74, 6) is -0.905. The Morgan fingerprint density at radius 2 is 2.44 bits per heavy atom. The van der Waals surface area contributed by atoms with Crippen LogP contribution in [0.1, 0.15) is 31.4 Å². The molecule has 3 N–H and O–H groups in total. The molecule has 0 bridgehead atoms. The van der Waals surface area contributed by atoms with Gasteiger partial charge in [0.2, 0.25) is 0 Å². The zero-order valence-corrected chi connectivity index (χ0v) is 11.1. The van der Waals surface area contributed by atoms with Crippen molar-refractivity contribution in [2.75, 3.05) is 0 Å². The van der Waals surface area contributed by atoms with Gasteiger partial charge in [0.15, 0.2) is 5.16 Å². The van der Waals surface area contributed by atoms with Gasteiger partial charge in [-0.1, -0.05) is 11.8 Å². The van der Waals surface area contributed by atoms with E-state index in [0.717, 1.165) is 18.5 Å². The standard InChI is InChI=1S/C12H17N3O2S/c1-8-4-6-14-11(15-8)18-9-3-2-5-12(13,7-9)10(16)17/h4,6,9H,2-3,5,7,13H2,1H3,(H,16,17). The molecule has 98 valence electrons. The predicted octanol–water partition coefficient (Wildman–Crippen LogP) is 1.60. The lowest BCUT2D eigenvalue weighted by molar-refractivity contribution is -0.144. The van der Waals surface area contributed by atoms with Crippen LogP contribution in [-0.4, -0.2) is 31.8 Å². The van der Waals surface area contributed by atoms with Gasteiger partial charge in [0.05, 0.1) is 0 Å². The second-order valence-corrected chi connectivity index (χ2v) is 6.05. The van der Waals surface area contributed by atoms with Crippen LogP contribution < -0.4 is 5.73 Å². The quantitative estimate of drug-likeness (QED) is 0.809. The van der Waals surface area contributed by atoms with Gasteiger partial charge in [-0.05, 0) is 38.7 Å². The number of aromatic nitrogens is 2. The Labute approximate surface area is 110 Å². The first-order chi connectivity index (χ1) is 8.49. The van der Waals surface area contributed by atoms with E-state index in [4.69, 9.17) is 10.8 Å². The summed E-state index contributed by atoms with van der Waals surface area (Å²) in [5.41, 5.74) is 5.76. The predicted molar refractivity (Wildman–Crippen MR) is 69.4 cm³/mol. The van der Waals surface area contributed by atoms with Crippen molar-refractivity contribution in [1.29, 1.82) is 0 Å². The summed E-state index contributed by atoms with van der Waals surface area (Å²) in [7, 11) is 0. The smallest absolute Gasteiger partial charge is 0.323 e. The van der Waals surface area contributed by atoms with Crippen molar-refractivity contribution >= 4 is 17.7 Å².